The molecule has 1 aliphatic carbocycles. The van der Waals surface area contributed by atoms with Crippen LogP contribution in [0.25, 0.3) is 0 Å². The van der Waals surface area contributed by atoms with Gasteiger partial charge in [0.05, 0.1) is 0 Å². The Balaban J connectivity index is 2.98. The Morgan fingerprint density at radius 3 is 1.85 bits per heavy atom. The number of hydrogen-bond acceptors (Lipinski definition) is 1. The van der Waals surface area contributed by atoms with E-state index in [-0.39, 0.29) is 0 Å². The Kier molecular flexibility index (Phi) is 2.78. The van der Waals surface area contributed by atoms with Gasteiger partial charge in [-0.25, -0.2) is 0 Å². The van der Waals surface area contributed by atoms with Crippen LogP contribution >= 0.6 is 0 Å². The van der Waals surface area contributed by atoms with E-state index in [1.165, 1.54) is 12.8 Å². The molecule has 13 heavy (non-hydrogen) atoms. The van der Waals surface area contributed by atoms with Gasteiger partial charge >= 0.3 is 0 Å². The minimum atomic E-state index is 0.296. The molecule has 3 unspecified atom stereocenters. The van der Waals surface area contributed by atoms with Crippen molar-refractivity contribution < 1.29 is 0 Å². The second-order valence-electron chi connectivity index (χ2n) is 5.55. The van der Waals surface area contributed by atoms with Gasteiger partial charge < -0.3 is 5.32 Å². The maximum absolute atomic E-state index is 3.55. The molecule has 1 heteroatoms. The van der Waals surface area contributed by atoms with Gasteiger partial charge in [0.25, 0.3) is 0 Å². The van der Waals surface area contributed by atoms with E-state index in [1.807, 2.05) is 0 Å². The molecule has 0 aromatic carbocycles. The van der Waals surface area contributed by atoms with Gasteiger partial charge in [-0.2, -0.15) is 0 Å². The fraction of sp³-hybridized carbons (Fsp3) is 1.00. The fourth-order valence-corrected chi connectivity index (χ4v) is 2.87. The van der Waals surface area contributed by atoms with Crippen molar-refractivity contribution in [3.8, 4) is 0 Å². The van der Waals surface area contributed by atoms with Gasteiger partial charge in [-0.3, -0.25) is 0 Å². The molecule has 1 N–H and O–H groups in total. The summed E-state index contributed by atoms with van der Waals surface area (Å²) in [5.41, 5.74) is 0.698. The van der Waals surface area contributed by atoms with E-state index in [1.54, 1.807) is 0 Å². The van der Waals surface area contributed by atoms with Crippen molar-refractivity contribution in [2.45, 2.75) is 53.0 Å². The summed E-state index contributed by atoms with van der Waals surface area (Å²) in [6.45, 7) is 12.0. The average Bonchev–Trinajstić information content (AvgIpc) is 2.09. The van der Waals surface area contributed by atoms with Crippen LogP contribution < -0.4 is 5.32 Å². The van der Waals surface area contributed by atoms with Gasteiger partial charge in [-0.15, -0.1) is 0 Å². The molecule has 1 rings (SSSR count). The van der Waals surface area contributed by atoms with E-state index in [9.17, 15) is 0 Å². The van der Waals surface area contributed by atoms with Crippen molar-refractivity contribution >= 4 is 0 Å². The summed E-state index contributed by atoms with van der Waals surface area (Å²) >= 11 is 0. The zero-order valence-corrected chi connectivity index (χ0v) is 10.1. The molecule has 1 aliphatic rings. The van der Waals surface area contributed by atoms with Crippen molar-refractivity contribution in [2.24, 2.45) is 17.3 Å². The van der Waals surface area contributed by atoms with Gasteiger partial charge in [-0.1, -0.05) is 27.7 Å². The molecule has 0 amide bonds. The van der Waals surface area contributed by atoms with Gasteiger partial charge in [0, 0.05) is 5.54 Å². The lowest BCUT2D eigenvalue weighted by molar-refractivity contribution is -0.0105. The zero-order valence-electron chi connectivity index (χ0n) is 10.1. The lowest BCUT2D eigenvalue weighted by atomic mass is 9.55. The molecule has 0 radical (unpaired) electrons. The fourth-order valence-electron chi connectivity index (χ4n) is 2.87. The Hall–Kier alpha value is -0.0400. The topological polar surface area (TPSA) is 12.0 Å². The Morgan fingerprint density at radius 2 is 1.46 bits per heavy atom. The maximum Gasteiger partial charge on any atom is 0.0229 e. The molecular formula is C12H25N. The lowest BCUT2D eigenvalue weighted by Crippen LogP contribution is -2.61. The summed E-state index contributed by atoms with van der Waals surface area (Å²) in [5, 5.41) is 3.55. The first kappa shape index (κ1) is 11.0. The normalized spacial score (nSPS) is 44.8. The van der Waals surface area contributed by atoms with Gasteiger partial charge in [0.15, 0.2) is 0 Å². The third-order valence-electron chi connectivity index (χ3n) is 5.11. The highest BCUT2D eigenvalue weighted by molar-refractivity contribution is 5.04. The predicted molar refractivity (Wildman–Crippen MR) is 58.8 cm³/mol. The van der Waals surface area contributed by atoms with Crippen LogP contribution in [0.15, 0.2) is 0 Å². The van der Waals surface area contributed by atoms with Crippen LogP contribution in [-0.4, -0.2) is 12.6 Å². The van der Waals surface area contributed by atoms with Crippen LogP contribution in [0.1, 0.15) is 47.5 Å². The second kappa shape index (κ2) is 3.27. The van der Waals surface area contributed by atoms with Crippen LogP contribution in [0.3, 0.4) is 0 Å². The molecule has 0 aromatic rings. The van der Waals surface area contributed by atoms with Crippen molar-refractivity contribution in [1.82, 2.24) is 5.32 Å². The number of hydrogen-bond donors (Lipinski definition) is 1. The first-order valence-electron chi connectivity index (χ1n) is 5.55. The highest BCUT2D eigenvalue weighted by atomic mass is 15.0. The SMILES string of the molecule is CNC1(C)C(C)CCC(C)C1(C)C. The summed E-state index contributed by atoms with van der Waals surface area (Å²) in [4.78, 5) is 0. The molecule has 78 valence electrons. The Bertz CT molecular complexity index is 186. The molecule has 0 aliphatic heterocycles. The minimum Gasteiger partial charge on any atom is -0.314 e. The predicted octanol–water partition coefficient (Wildman–Crippen LogP) is 3.06. The van der Waals surface area contributed by atoms with Crippen LogP contribution in [0.5, 0.6) is 0 Å². The molecule has 1 fully saturated rings. The van der Waals surface area contributed by atoms with E-state index in [0.29, 0.717) is 11.0 Å². The highest BCUT2D eigenvalue weighted by Gasteiger charge is 2.49. The van der Waals surface area contributed by atoms with Crippen LogP contribution in [0.4, 0.5) is 0 Å². The average molecular weight is 183 g/mol. The molecule has 0 saturated heterocycles. The van der Waals surface area contributed by atoms with E-state index in [4.69, 9.17) is 0 Å². The Morgan fingerprint density at radius 1 is 1.00 bits per heavy atom. The van der Waals surface area contributed by atoms with Crippen LogP contribution in [0, 0.1) is 17.3 Å². The third-order valence-corrected chi connectivity index (χ3v) is 5.11. The van der Waals surface area contributed by atoms with Crippen molar-refractivity contribution in [3.05, 3.63) is 0 Å². The molecule has 1 nitrogen and oxygen atoms in total. The summed E-state index contributed by atoms with van der Waals surface area (Å²) in [6.07, 6.45) is 2.74. The summed E-state index contributed by atoms with van der Waals surface area (Å²) in [5.74, 6) is 1.60. The van der Waals surface area contributed by atoms with E-state index >= 15 is 0 Å². The van der Waals surface area contributed by atoms with Crippen molar-refractivity contribution in [3.63, 3.8) is 0 Å². The van der Waals surface area contributed by atoms with E-state index in [2.05, 4.69) is 47.0 Å². The van der Waals surface area contributed by atoms with Crippen LogP contribution in [0.2, 0.25) is 0 Å². The monoisotopic (exact) mass is 183 g/mol. The zero-order chi connectivity index (χ0) is 10.3. The quantitative estimate of drug-likeness (QED) is 0.659. The van der Waals surface area contributed by atoms with Crippen LogP contribution in [-0.2, 0) is 0 Å². The Labute approximate surface area is 83.3 Å². The minimum absolute atomic E-state index is 0.296. The third kappa shape index (κ3) is 1.41. The summed E-state index contributed by atoms with van der Waals surface area (Å²) in [7, 11) is 2.11. The first-order valence-corrected chi connectivity index (χ1v) is 5.55. The van der Waals surface area contributed by atoms with Crippen molar-refractivity contribution in [2.75, 3.05) is 7.05 Å². The smallest absolute Gasteiger partial charge is 0.0229 e. The number of nitrogens with one attached hydrogen (secondary N) is 1. The molecule has 3 atom stereocenters. The van der Waals surface area contributed by atoms with Gasteiger partial charge in [0.1, 0.15) is 0 Å². The largest absolute Gasteiger partial charge is 0.314 e. The lowest BCUT2D eigenvalue weighted by Gasteiger charge is -2.55. The molecule has 0 bridgehead atoms. The highest BCUT2D eigenvalue weighted by Crippen LogP contribution is 2.49. The van der Waals surface area contributed by atoms with Gasteiger partial charge in [-0.05, 0) is 44.1 Å². The van der Waals surface area contributed by atoms with E-state index in [0.717, 1.165) is 11.8 Å². The number of rotatable bonds is 1. The first-order chi connectivity index (χ1) is 5.86. The molecule has 0 heterocycles. The van der Waals surface area contributed by atoms with Crippen molar-refractivity contribution in [1.29, 1.82) is 0 Å². The molecule has 0 spiro atoms. The van der Waals surface area contributed by atoms with Gasteiger partial charge in [0.2, 0.25) is 0 Å². The second-order valence-corrected chi connectivity index (χ2v) is 5.55. The summed E-state index contributed by atoms with van der Waals surface area (Å²) < 4.78 is 0. The molecule has 0 aromatic heterocycles. The van der Waals surface area contributed by atoms with E-state index < -0.39 is 0 Å². The maximum atomic E-state index is 3.55. The molecule has 1 saturated carbocycles. The molecular weight excluding hydrogens is 158 g/mol. The standard InChI is InChI=1S/C12H25N/c1-9-7-8-10(2)12(5,13-6)11(9,3)4/h9-10,13H,7-8H2,1-6H3. The summed E-state index contributed by atoms with van der Waals surface area (Å²) in [6, 6.07) is 0.